The molecule has 0 aliphatic rings. The Balaban J connectivity index is 2.02. The van der Waals surface area contributed by atoms with Crippen molar-refractivity contribution in [2.45, 2.75) is 39.5 Å². The molecule has 4 nitrogen and oxygen atoms in total. The van der Waals surface area contributed by atoms with Gasteiger partial charge in [0.05, 0.1) is 6.10 Å². The summed E-state index contributed by atoms with van der Waals surface area (Å²) >= 11 is 0. The summed E-state index contributed by atoms with van der Waals surface area (Å²) in [5.41, 5.74) is 1.06. The Kier molecular flexibility index (Phi) is 5.39. The molecule has 4 heteroatoms. The highest BCUT2D eigenvalue weighted by atomic mass is 16.3. The van der Waals surface area contributed by atoms with E-state index in [1.165, 1.54) is 10.8 Å². The van der Waals surface area contributed by atoms with Gasteiger partial charge in [0.1, 0.15) is 0 Å². The van der Waals surface area contributed by atoms with Gasteiger partial charge in [0, 0.05) is 19.1 Å². The second kappa shape index (κ2) is 7.27. The number of carbonyl (C=O) groups excluding carboxylic acids is 1. The number of fused-ring (bicyclic) bond motifs is 1. The Labute approximate surface area is 131 Å². The van der Waals surface area contributed by atoms with E-state index >= 15 is 0 Å². The number of amides is 2. The molecule has 2 aromatic rings. The molecule has 0 saturated heterocycles. The summed E-state index contributed by atoms with van der Waals surface area (Å²) in [6.45, 7) is 6.38. The normalized spacial score (nSPS) is 12.4. The van der Waals surface area contributed by atoms with Gasteiger partial charge in [-0.2, -0.15) is 0 Å². The van der Waals surface area contributed by atoms with Crippen molar-refractivity contribution in [3.8, 4) is 0 Å². The van der Waals surface area contributed by atoms with Crippen LogP contribution in [0.25, 0.3) is 10.8 Å². The van der Waals surface area contributed by atoms with Crippen LogP contribution in [0.5, 0.6) is 0 Å². The zero-order valence-corrected chi connectivity index (χ0v) is 13.4. The molecule has 0 heterocycles. The first kappa shape index (κ1) is 16.3. The van der Waals surface area contributed by atoms with Crippen molar-refractivity contribution in [3.63, 3.8) is 0 Å². The van der Waals surface area contributed by atoms with Crippen LogP contribution >= 0.6 is 0 Å². The molecule has 2 amide bonds. The zero-order valence-electron chi connectivity index (χ0n) is 13.4. The summed E-state index contributed by atoms with van der Waals surface area (Å²) in [6, 6.07) is 14.2. The van der Waals surface area contributed by atoms with Crippen LogP contribution in [0, 0.1) is 0 Å². The minimum atomic E-state index is -0.534. The summed E-state index contributed by atoms with van der Waals surface area (Å²) < 4.78 is 0. The lowest BCUT2D eigenvalue weighted by Gasteiger charge is -2.28. The summed E-state index contributed by atoms with van der Waals surface area (Å²) in [6.07, 6.45) is -0.534. The maximum atomic E-state index is 12.3. The number of urea groups is 1. The van der Waals surface area contributed by atoms with Gasteiger partial charge in [0.2, 0.25) is 0 Å². The van der Waals surface area contributed by atoms with Gasteiger partial charge in [-0.25, -0.2) is 4.79 Å². The minimum Gasteiger partial charge on any atom is -0.392 e. The molecule has 22 heavy (non-hydrogen) atoms. The van der Waals surface area contributed by atoms with E-state index in [0.29, 0.717) is 13.1 Å². The summed E-state index contributed by atoms with van der Waals surface area (Å²) in [5, 5.41) is 14.8. The smallest absolute Gasteiger partial charge is 0.317 e. The van der Waals surface area contributed by atoms with Crippen molar-refractivity contribution in [1.82, 2.24) is 10.2 Å². The molecular weight excluding hydrogens is 276 g/mol. The molecule has 1 unspecified atom stereocenters. The highest BCUT2D eigenvalue weighted by Gasteiger charge is 2.18. The minimum absolute atomic E-state index is 0.0474. The number of nitrogens with zero attached hydrogens (tertiary/aromatic N) is 1. The molecule has 0 bridgehead atoms. The van der Waals surface area contributed by atoms with Gasteiger partial charge in [-0.1, -0.05) is 36.4 Å². The van der Waals surface area contributed by atoms with Gasteiger partial charge in [-0.05, 0) is 43.2 Å². The maximum absolute atomic E-state index is 12.3. The van der Waals surface area contributed by atoms with Crippen LogP contribution in [0.4, 0.5) is 4.79 Å². The third-order valence-electron chi connectivity index (χ3n) is 3.60. The van der Waals surface area contributed by atoms with Gasteiger partial charge in [0.15, 0.2) is 0 Å². The third kappa shape index (κ3) is 4.21. The lowest BCUT2D eigenvalue weighted by atomic mass is 10.1. The van der Waals surface area contributed by atoms with Crippen LogP contribution < -0.4 is 5.32 Å². The van der Waals surface area contributed by atoms with Crippen molar-refractivity contribution in [1.29, 1.82) is 0 Å². The number of aliphatic hydroxyl groups excluding tert-OH is 1. The fourth-order valence-electron chi connectivity index (χ4n) is 2.44. The third-order valence-corrected chi connectivity index (χ3v) is 3.60. The van der Waals surface area contributed by atoms with Crippen molar-refractivity contribution in [2.24, 2.45) is 0 Å². The van der Waals surface area contributed by atoms with Crippen molar-refractivity contribution < 1.29 is 9.90 Å². The number of aliphatic hydroxyl groups is 1. The first-order valence-electron chi connectivity index (χ1n) is 7.67. The molecule has 0 aliphatic carbocycles. The van der Waals surface area contributed by atoms with E-state index in [9.17, 15) is 9.90 Å². The van der Waals surface area contributed by atoms with Crippen molar-refractivity contribution in [2.75, 3.05) is 6.54 Å². The van der Waals surface area contributed by atoms with Crippen LogP contribution in [0.3, 0.4) is 0 Å². The monoisotopic (exact) mass is 300 g/mol. The Morgan fingerprint density at radius 3 is 2.45 bits per heavy atom. The van der Waals surface area contributed by atoms with E-state index in [4.69, 9.17) is 0 Å². The quantitative estimate of drug-likeness (QED) is 0.891. The van der Waals surface area contributed by atoms with Crippen LogP contribution in [-0.4, -0.2) is 34.7 Å². The number of benzene rings is 2. The number of nitrogens with one attached hydrogen (secondary N) is 1. The lowest BCUT2D eigenvalue weighted by molar-refractivity contribution is 0.119. The highest BCUT2D eigenvalue weighted by molar-refractivity contribution is 5.83. The number of carbonyl (C=O) groups is 1. The Bertz CT molecular complexity index is 638. The van der Waals surface area contributed by atoms with Crippen LogP contribution in [-0.2, 0) is 6.54 Å². The molecule has 0 spiro atoms. The van der Waals surface area contributed by atoms with Gasteiger partial charge >= 0.3 is 6.03 Å². The van der Waals surface area contributed by atoms with Crippen LogP contribution in [0.1, 0.15) is 26.3 Å². The molecule has 1 atom stereocenters. The molecule has 118 valence electrons. The molecular formula is C18H24N2O2. The molecule has 0 aliphatic heterocycles. The summed E-state index contributed by atoms with van der Waals surface area (Å²) in [4.78, 5) is 13.9. The number of hydrogen-bond acceptors (Lipinski definition) is 2. The number of rotatable bonds is 5. The van der Waals surface area contributed by atoms with Gasteiger partial charge in [-0.3, -0.25) is 0 Å². The second-order valence-corrected chi connectivity index (χ2v) is 5.94. The first-order valence-corrected chi connectivity index (χ1v) is 7.67. The Morgan fingerprint density at radius 2 is 1.82 bits per heavy atom. The van der Waals surface area contributed by atoms with Crippen LogP contribution in [0.15, 0.2) is 42.5 Å². The molecule has 0 aromatic heterocycles. The van der Waals surface area contributed by atoms with E-state index in [-0.39, 0.29) is 12.1 Å². The molecule has 2 rings (SSSR count). The maximum Gasteiger partial charge on any atom is 0.317 e. The Hall–Kier alpha value is -2.07. The van der Waals surface area contributed by atoms with Crippen molar-refractivity contribution in [3.05, 3.63) is 48.0 Å². The van der Waals surface area contributed by atoms with Gasteiger partial charge < -0.3 is 15.3 Å². The van der Waals surface area contributed by atoms with Gasteiger partial charge in [0.25, 0.3) is 0 Å². The van der Waals surface area contributed by atoms with E-state index < -0.39 is 6.10 Å². The largest absolute Gasteiger partial charge is 0.392 e. The molecule has 0 fully saturated rings. The number of hydrogen-bond donors (Lipinski definition) is 2. The average molecular weight is 300 g/mol. The average Bonchev–Trinajstić information content (AvgIpc) is 2.49. The second-order valence-electron chi connectivity index (χ2n) is 5.94. The van der Waals surface area contributed by atoms with Crippen LogP contribution in [0.2, 0.25) is 0 Å². The van der Waals surface area contributed by atoms with E-state index in [2.05, 4.69) is 29.6 Å². The fraction of sp³-hybridized carbons (Fsp3) is 0.389. The summed E-state index contributed by atoms with van der Waals surface area (Å²) in [5.74, 6) is 0. The van der Waals surface area contributed by atoms with E-state index in [1.54, 1.807) is 11.8 Å². The fourth-order valence-corrected chi connectivity index (χ4v) is 2.44. The Morgan fingerprint density at radius 1 is 1.14 bits per heavy atom. The first-order chi connectivity index (χ1) is 10.5. The molecule has 2 N–H and O–H groups in total. The molecule has 0 saturated carbocycles. The zero-order chi connectivity index (χ0) is 16.1. The molecule has 2 aromatic carbocycles. The predicted molar refractivity (Wildman–Crippen MR) is 89.7 cm³/mol. The predicted octanol–water partition coefficient (Wildman–Crippen LogP) is 3.14. The van der Waals surface area contributed by atoms with Gasteiger partial charge in [-0.15, -0.1) is 0 Å². The SMILES string of the molecule is CC(O)CN(C(=O)NCc1ccc2ccccc2c1)C(C)C. The topological polar surface area (TPSA) is 52.6 Å². The highest BCUT2D eigenvalue weighted by Crippen LogP contribution is 2.15. The van der Waals surface area contributed by atoms with E-state index in [0.717, 1.165) is 5.56 Å². The van der Waals surface area contributed by atoms with E-state index in [1.807, 2.05) is 32.0 Å². The summed E-state index contributed by atoms with van der Waals surface area (Å²) in [7, 11) is 0. The standard InChI is InChI=1S/C18H24N2O2/c1-13(2)20(12-14(3)21)18(22)19-11-15-8-9-16-6-4-5-7-17(16)10-15/h4-10,13-14,21H,11-12H2,1-3H3,(H,19,22). The van der Waals surface area contributed by atoms with Crippen molar-refractivity contribution >= 4 is 16.8 Å². The lowest BCUT2D eigenvalue weighted by Crippen LogP contribution is -2.46. The molecule has 0 radical (unpaired) electrons.